The minimum atomic E-state index is -1.07. The topological polar surface area (TPSA) is 92.3 Å². The quantitative estimate of drug-likeness (QED) is 0.760. The van der Waals surface area contributed by atoms with Gasteiger partial charge in [-0.1, -0.05) is 20.8 Å². The van der Waals surface area contributed by atoms with E-state index in [9.17, 15) is 14.4 Å². The van der Waals surface area contributed by atoms with E-state index >= 15 is 0 Å². The summed E-state index contributed by atoms with van der Waals surface area (Å²) in [5.41, 5.74) is -1.07. The third kappa shape index (κ3) is 3.71. The summed E-state index contributed by atoms with van der Waals surface area (Å²) < 4.78 is 7.94. The van der Waals surface area contributed by atoms with Crippen LogP contribution in [0.15, 0.2) is 0 Å². The van der Waals surface area contributed by atoms with E-state index in [4.69, 9.17) is 3.87 Å². The van der Waals surface area contributed by atoms with Crippen LogP contribution in [-0.4, -0.2) is 17.8 Å². The van der Waals surface area contributed by atoms with Crippen molar-refractivity contribution in [3.8, 4) is 0 Å². The maximum atomic E-state index is 11.8. The molecule has 1 heterocycles. The summed E-state index contributed by atoms with van der Waals surface area (Å²) >= 11 is 2.31. The Kier molecular flexibility index (Phi) is 6.93. The Hall–Kier alpha value is -1.08. The van der Waals surface area contributed by atoms with Crippen LogP contribution in [0.25, 0.3) is 0 Å². The van der Waals surface area contributed by atoms with Gasteiger partial charge in [0.05, 0.1) is 0 Å². The summed E-state index contributed by atoms with van der Waals surface area (Å²) in [5, 5.41) is 4.33. The molecule has 1 aliphatic heterocycles. The number of hydrogen-bond acceptors (Lipinski definition) is 4. The molecule has 1 rings (SSSR count). The molecule has 0 unspecified atom stereocenters. The number of amides is 4. The Morgan fingerprint density at radius 3 is 1.89 bits per heavy atom. The zero-order valence-electron chi connectivity index (χ0n) is 10.7. The van der Waals surface area contributed by atoms with Gasteiger partial charge in [-0.2, -0.15) is 0 Å². The van der Waals surface area contributed by atoms with Crippen LogP contribution in [0.3, 0.4) is 0 Å². The summed E-state index contributed by atoms with van der Waals surface area (Å²) in [5.74, 6) is -0.518. The number of carbonyl (C=O) groups is 3. The van der Waals surface area contributed by atoms with Gasteiger partial charge in [0, 0.05) is 0 Å². The number of barbiturate groups is 1. The minimum absolute atomic E-state index is 0.407. The normalized spacial score (nSPS) is 17.7. The van der Waals surface area contributed by atoms with E-state index in [2.05, 4.69) is 26.3 Å². The zero-order chi connectivity index (χ0) is 14.3. The number of nitrogens with one attached hydrogen (secondary N) is 2. The molecular formula is C11H18CoN2O4. The molecule has 1 saturated heterocycles. The fourth-order valence-electron chi connectivity index (χ4n) is 1.84. The van der Waals surface area contributed by atoms with E-state index in [0.29, 0.717) is 18.8 Å². The summed E-state index contributed by atoms with van der Waals surface area (Å²) in [6.07, 6.45) is 1.67. The van der Waals surface area contributed by atoms with Crippen molar-refractivity contribution >= 4 is 17.8 Å². The van der Waals surface area contributed by atoms with Gasteiger partial charge in [-0.05, 0) is 25.2 Å². The van der Waals surface area contributed by atoms with Crippen LogP contribution in [0, 0.1) is 11.3 Å². The van der Waals surface area contributed by atoms with Crippen molar-refractivity contribution in [1.82, 2.24) is 10.6 Å². The Morgan fingerprint density at radius 2 is 1.56 bits per heavy atom. The molecule has 0 aromatic carbocycles. The van der Waals surface area contributed by atoms with Crippen LogP contribution in [0.1, 0.15) is 40.0 Å². The Balaban J connectivity index is 0.00000137. The molecule has 0 bridgehead atoms. The van der Waals surface area contributed by atoms with E-state index < -0.39 is 23.3 Å². The first-order valence-corrected chi connectivity index (χ1v) is 6.15. The molecule has 105 valence electrons. The van der Waals surface area contributed by atoms with Crippen molar-refractivity contribution in [2.75, 3.05) is 0 Å². The monoisotopic (exact) mass is 301 g/mol. The number of urea groups is 1. The fraction of sp³-hybridized carbons (Fsp3) is 0.727. The molecule has 0 aromatic rings. The van der Waals surface area contributed by atoms with E-state index in [0.717, 1.165) is 6.42 Å². The number of hydrogen-bond donors (Lipinski definition) is 2. The van der Waals surface area contributed by atoms with Gasteiger partial charge in [0.25, 0.3) is 0 Å². The average molecular weight is 301 g/mol. The molecule has 1 aliphatic rings. The van der Waals surface area contributed by atoms with Gasteiger partial charge in [0.15, 0.2) is 0 Å². The fourth-order valence-corrected chi connectivity index (χ4v) is 1.84. The molecule has 0 spiro atoms. The van der Waals surface area contributed by atoms with Crippen molar-refractivity contribution in [3.05, 3.63) is 0 Å². The Labute approximate surface area is 114 Å². The second kappa shape index (κ2) is 7.37. The standard InChI is InChI=1S/C11H18N2O3.Co.O/c1-4-11(6-5-7(2)3)8(14)12-10(16)13-9(11)15;;/h7H,4-6H2,1-3H3,(H2,12,13,14,15,16);;. The first kappa shape index (κ1) is 16.9. The second-order valence-electron chi connectivity index (χ2n) is 4.61. The van der Waals surface area contributed by atoms with Crippen LogP contribution in [0.4, 0.5) is 4.79 Å². The number of imide groups is 2. The molecule has 0 radical (unpaired) electrons. The van der Waals surface area contributed by atoms with Crippen LogP contribution < -0.4 is 10.6 Å². The first-order chi connectivity index (χ1) is 8.42. The van der Waals surface area contributed by atoms with Crippen LogP contribution >= 0.6 is 0 Å². The van der Waals surface area contributed by atoms with E-state index in [1.807, 2.05) is 13.8 Å². The second-order valence-corrected chi connectivity index (χ2v) is 4.61. The van der Waals surface area contributed by atoms with Gasteiger partial charge in [0.2, 0.25) is 11.8 Å². The van der Waals surface area contributed by atoms with E-state index in [1.54, 1.807) is 6.92 Å². The predicted octanol–water partition coefficient (Wildman–Crippen LogP) is 1.06. The van der Waals surface area contributed by atoms with Crippen molar-refractivity contribution in [2.45, 2.75) is 40.0 Å². The molecule has 7 heteroatoms. The summed E-state index contributed by atoms with van der Waals surface area (Å²) in [6.45, 7) is 5.86. The average Bonchev–Trinajstić information content (AvgIpc) is 2.31. The Morgan fingerprint density at radius 1 is 1.11 bits per heavy atom. The van der Waals surface area contributed by atoms with Crippen LogP contribution in [0.5, 0.6) is 0 Å². The molecule has 0 saturated carbocycles. The van der Waals surface area contributed by atoms with Crippen LogP contribution in [0.2, 0.25) is 0 Å². The summed E-state index contributed by atoms with van der Waals surface area (Å²) in [7, 11) is 0. The maximum absolute atomic E-state index is 11.8. The third-order valence-corrected chi connectivity index (χ3v) is 3.08. The third-order valence-electron chi connectivity index (χ3n) is 3.08. The van der Waals surface area contributed by atoms with E-state index in [-0.39, 0.29) is 0 Å². The molecule has 6 nitrogen and oxygen atoms in total. The molecule has 0 aliphatic carbocycles. The zero-order valence-corrected chi connectivity index (χ0v) is 11.7. The predicted molar refractivity (Wildman–Crippen MR) is 59.2 cm³/mol. The van der Waals surface area contributed by atoms with Crippen molar-refractivity contribution in [2.24, 2.45) is 11.3 Å². The van der Waals surface area contributed by atoms with Crippen molar-refractivity contribution < 1.29 is 33.9 Å². The number of carbonyl (C=O) groups excluding carboxylic acids is 3. The van der Waals surface area contributed by atoms with Crippen molar-refractivity contribution in [3.63, 3.8) is 0 Å². The SMILES string of the molecule is CCC1(CCC(C)C)C(=O)NC(=O)NC1=O.[O]=[Co]. The van der Waals surface area contributed by atoms with E-state index in [1.165, 1.54) is 0 Å². The van der Waals surface area contributed by atoms with Crippen LogP contribution in [-0.2, 0) is 29.1 Å². The molecule has 18 heavy (non-hydrogen) atoms. The summed E-state index contributed by atoms with van der Waals surface area (Å²) in [4.78, 5) is 34.5. The van der Waals surface area contributed by atoms with Gasteiger partial charge in [0.1, 0.15) is 5.41 Å². The molecule has 4 amide bonds. The van der Waals surface area contributed by atoms with Gasteiger partial charge in [-0.25, -0.2) is 4.79 Å². The van der Waals surface area contributed by atoms with Crippen molar-refractivity contribution in [1.29, 1.82) is 0 Å². The first-order valence-electron chi connectivity index (χ1n) is 5.73. The van der Waals surface area contributed by atoms with Gasteiger partial charge < -0.3 is 0 Å². The molecular weight excluding hydrogens is 283 g/mol. The molecule has 0 atom stereocenters. The number of rotatable bonds is 4. The molecule has 0 aromatic heterocycles. The van der Waals surface area contributed by atoms with Gasteiger partial charge in [-0.15, -0.1) is 0 Å². The summed E-state index contributed by atoms with van der Waals surface area (Å²) in [6, 6.07) is -0.719. The molecule has 2 N–H and O–H groups in total. The van der Waals surface area contributed by atoms with Gasteiger partial charge >= 0.3 is 25.6 Å². The molecule has 1 fully saturated rings. The Bertz CT molecular complexity index is 324. The van der Waals surface area contributed by atoms with Gasteiger partial charge in [-0.3, -0.25) is 20.2 Å².